The van der Waals surface area contributed by atoms with Crippen LogP contribution >= 0.6 is 0 Å². The normalized spacial score (nSPS) is 11.8. The van der Waals surface area contributed by atoms with Gasteiger partial charge in [-0.15, -0.1) is 0 Å². The predicted molar refractivity (Wildman–Crippen MR) is 89.7 cm³/mol. The number of hydrogen-bond acceptors (Lipinski definition) is 0. The molecule has 114 valence electrons. The number of unbranched alkanes of at least 4 members (excludes halogenated alkanes) is 10. The fourth-order valence-electron chi connectivity index (χ4n) is 2.45. The van der Waals surface area contributed by atoms with Crippen LogP contribution in [0.3, 0.4) is 0 Å². The minimum atomic E-state index is 0.876. The maximum atomic E-state index is 2.41. The average molecular weight is 267 g/mol. The molecule has 0 amide bonds. The molecular formula is C19H38. The molecule has 0 aliphatic heterocycles. The van der Waals surface area contributed by atoms with Gasteiger partial charge in [0.25, 0.3) is 0 Å². The lowest BCUT2D eigenvalue weighted by molar-refractivity contribution is 0.540. The molecule has 0 radical (unpaired) electrons. The number of hydrogen-bond donors (Lipinski definition) is 0. The molecule has 0 unspecified atom stereocenters. The molecule has 0 aromatic carbocycles. The van der Waals surface area contributed by atoms with Gasteiger partial charge >= 0.3 is 0 Å². The minimum absolute atomic E-state index is 0.876. The van der Waals surface area contributed by atoms with Crippen molar-refractivity contribution in [1.82, 2.24) is 0 Å². The standard InChI is InChI=1S/C19H38/c1-4-5-6-7-8-9-10-11-12-13-14-15-16-17-18-19(2)3/h13-14,19H,4-12,15-18H2,1-3H3. The topological polar surface area (TPSA) is 0 Å². The van der Waals surface area contributed by atoms with Crippen molar-refractivity contribution in [2.45, 2.75) is 104 Å². The molecule has 0 fully saturated rings. The maximum absolute atomic E-state index is 2.41. The Kier molecular flexibility index (Phi) is 15.6. The third-order valence-electron chi connectivity index (χ3n) is 3.79. The fourth-order valence-corrected chi connectivity index (χ4v) is 2.45. The lowest BCUT2D eigenvalue weighted by atomic mass is 10.0. The highest BCUT2D eigenvalue weighted by Crippen LogP contribution is 2.11. The molecule has 0 heteroatoms. The molecule has 19 heavy (non-hydrogen) atoms. The summed E-state index contributed by atoms with van der Waals surface area (Å²) in [5.41, 5.74) is 0. The van der Waals surface area contributed by atoms with E-state index < -0.39 is 0 Å². The quantitative estimate of drug-likeness (QED) is 0.229. The van der Waals surface area contributed by atoms with Gasteiger partial charge in [-0.1, -0.05) is 90.7 Å². The first-order valence-electron chi connectivity index (χ1n) is 8.92. The monoisotopic (exact) mass is 266 g/mol. The molecule has 0 aromatic rings. The van der Waals surface area contributed by atoms with Gasteiger partial charge in [0.15, 0.2) is 0 Å². The Labute approximate surface area is 123 Å². The molecule has 0 spiro atoms. The predicted octanol–water partition coefficient (Wildman–Crippen LogP) is 7.29. The maximum Gasteiger partial charge on any atom is -0.0351 e. The molecule has 0 aliphatic carbocycles. The molecule has 0 rings (SSSR count). The average Bonchev–Trinajstić information content (AvgIpc) is 2.39. The van der Waals surface area contributed by atoms with E-state index in [9.17, 15) is 0 Å². The highest BCUT2D eigenvalue weighted by Gasteiger charge is 1.92. The summed E-state index contributed by atoms with van der Waals surface area (Å²) in [6, 6.07) is 0. The van der Waals surface area contributed by atoms with Crippen molar-refractivity contribution < 1.29 is 0 Å². The third kappa shape index (κ3) is 17.7. The number of allylic oxidation sites excluding steroid dienone is 2. The van der Waals surface area contributed by atoms with E-state index in [1.165, 1.54) is 83.5 Å². The first-order valence-corrected chi connectivity index (χ1v) is 8.92. The van der Waals surface area contributed by atoms with E-state index in [4.69, 9.17) is 0 Å². The van der Waals surface area contributed by atoms with E-state index >= 15 is 0 Å². The zero-order valence-corrected chi connectivity index (χ0v) is 13.9. The first-order chi connectivity index (χ1) is 9.27. The first kappa shape index (κ1) is 18.7. The van der Waals surface area contributed by atoms with E-state index in [0.29, 0.717) is 0 Å². The van der Waals surface area contributed by atoms with Crippen LogP contribution in [0, 0.1) is 5.92 Å². The summed E-state index contributed by atoms with van der Waals surface area (Å²) in [5, 5.41) is 0. The highest BCUT2D eigenvalue weighted by molar-refractivity contribution is 4.81. The van der Waals surface area contributed by atoms with Crippen LogP contribution in [-0.2, 0) is 0 Å². The van der Waals surface area contributed by atoms with E-state index in [1.807, 2.05) is 0 Å². The Balaban J connectivity index is 3.04. The van der Waals surface area contributed by atoms with Crippen LogP contribution in [0.1, 0.15) is 104 Å². The van der Waals surface area contributed by atoms with Crippen molar-refractivity contribution in [3.05, 3.63) is 12.2 Å². The molecule has 0 aliphatic rings. The molecule has 0 aromatic heterocycles. The van der Waals surface area contributed by atoms with Gasteiger partial charge in [-0.2, -0.15) is 0 Å². The minimum Gasteiger partial charge on any atom is -0.0885 e. The van der Waals surface area contributed by atoms with Crippen LogP contribution in [0.2, 0.25) is 0 Å². The Hall–Kier alpha value is -0.260. The number of rotatable bonds is 14. The van der Waals surface area contributed by atoms with Crippen molar-refractivity contribution in [3.8, 4) is 0 Å². The Morgan fingerprint density at radius 1 is 0.632 bits per heavy atom. The Morgan fingerprint density at radius 3 is 1.63 bits per heavy atom. The summed E-state index contributed by atoms with van der Waals surface area (Å²) < 4.78 is 0. The van der Waals surface area contributed by atoms with Crippen LogP contribution in [0.4, 0.5) is 0 Å². The van der Waals surface area contributed by atoms with Gasteiger partial charge in [0.05, 0.1) is 0 Å². The van der Waals surface area contributed by atoms with Gasteiger partial charge < -0.3 is 0 Å². The van der Waals surface area contributed by atoms with Crippen molar-refractivity contribution in [2.75, 3.05) is 0 Å². The van der Waals surface area contributed by atoms with Crippen LogP contribution in [0.25, 0.3) is 0 Å². The van der Waals surface area contributed by atoms with E-state index in [-0.39, 0.29) is 0 Å². The third-order valence-corrected chi connectivity index (χ3v) is 3.79. The molecule has 0 N–H and O–H groups in total. The van der Waals surface area contributed by atoms with Gasteiger partial charge in [0.1, 0.15) is 0 Å². The molecule has 0 bridgehead atoms. The van der Waals surface area contributed by atoms with Crippen LogP contribution in [0.5, 0.6) is 0 Å². The summed E-state index contributed by atoms with van der Waals surface area (Å²) in [7, 11) is 0. The fraction of sp³-hybridized carbons (Fsp3) is 0.895. The smallest absolute Gasteiger partial charge is 0.0351 e. The van der Waals surface area contributed by atoms with Crippen LogP contribution in [0.15, 0.2) is 12.2 Å². The zero-order chi connectivity index (χ0) is 14.2. The lowest BCUT2D eigenvalue weighted by Gasteiger charge is -2.02. The Bertz CT molecular complexity index is 178. The molecule has 0 saturated heterocycles. The molecule has 0 nitrogen and oxygen atoms in total. The second kappa shape index (κ2) is 15.8. The SMILES string of the molecule is CCCCCCCCCCC=CCCCCC(C)C. The molecule has 0 atom stereocenters. The summed E-state index contributed by atoms with van der Waals surface area (Å²) in [5.74, 6) is 0.876. The Morgan fingerprint density at radius 2 is 1.11 bits per heavy atom. The zero-order valence-electron chi connectivity index (χ0n) is 13.9. The van der Waals surface area contributed by atoms with Gasteiger partial charge in [-0.3, -0.25) is 0 Å². The molecular weight excluding hydrogens is 228 g/mol. The van der Waals surface area contributed by atoms with Gasteiger partial charge in [-0.05, 0) is 31.6 Å². The van der Waals surface area contributed by atoms with Gasteiger partial charge in [0, 0.05) is 0 Å². The summed E-state index contributed by atoms with van der Waals surface area (Å²) in [6.07, 6.45) is 23.0. The van der Waals surface area contributed by atoms with E-state index in [2.05, 4.69) is 32.9 Å². The van der Waals surface area contributed by atoms with Crippen LogP contribution < -0.4 is 0 Å². The van der Waals surface area contributed by atoms with E-state index in [1.54, 1.807) is 0 Å². The van der Waals surface area contributed by atoms with Crippen LogP contribution in [-0.4, -0.2) is 0 Å². The molecule has 0 heterocycles. The van der Waals surface area contributed by atoms with Gasteiger partial charge in [0.2, 0.25) is 0 Å². The van der Waals surface area contributed by atoms with Crippen molar-refractivity contribution >= 4 is 0 Å². The second-order valence-electron chi connectivity index (χ2n) is 6.41. The summed E-state index contributed by atoms with van der Waals surface area (Å²) in [4.78, 5) is 0. The van der Waals surface area contributed by atoms with Crippen molar-refractivity contribution in [2.24, 2.45) is 5.92 Å². The van der Waals surface area contributed by atoms with Gasteiger partial charge in [-0.25, -0.2) is 0 Å². The summed E-state index contributed by atoms with van der Waals surface area (Å²) >= 11 is 0. The van der Waals surface area contributed by atoms with E-state index in [0.717, 1.165) is 5.92 Å². The molecule has 0 saturated carbocycles. The lowest BCUT2D eigenvalue weighted by Crippen LogP contribution is -1.85. The highest BCUT2D eigenvalue weighted by atomic mass is 14.0. The largest absolute Gasteiger partial charge is 0.0885 e. The van der Waals surface area contributed by atoms with Crippen molar-refractivity contribution in [3.63, 3.8) is 0 Å². The second-order valence-corrected chi connectivity index (χ2v) is 6.41. The summed E-state index contributed by atoms with van der Waals surface area (Å²) in [6.45, 7) is 6.92. The van der Waals surface area contributed by atoms with Crippen molar-refractivity contribution in [1.29, 1.82) is 0 Å².